The Hall–Kier alpha value is -1.68. The molecule has 0 aliphatic heterocycles. The fourth-order valence-corrected chi connectivity index (χ4v) is 0.145. The van der Waals surface area contributed by atoms with E-state index >= 15 is 0 Å². The summed E-state index contributed by atoms with van der Waals surface area (Å²) in [5.41, 5.74) is 7.56. The highest BCUT2D eigenvalue weighted by Gasteiger charge is 1.84. The molecular formula is C4HN4. The van der Waals surface area contributed by atoms with Gasteiger partial charge in [-0.05, 0) is 5.53 Å². The molecule has 0 N–H and O–H groups in total. The van der Waals surface area contributed by atoms with E-state index in [0.29, 0.717) is 0 Å². The Bertz CT molecular complexity index is 189. The minimum Gasteiger partial charge on any atom is -0.193 e. The predicted octanol–water partition coefficient (Wildman–Crippen LogP) is 0.170. The highest BCUT2D eigenvalue weighted by atomic mass is 15.0. The second-order valence-corrected chi connectivity index (χ2v) is 0.870. The first-order chi connectivity index (χ1) is 3.85. The third-order valence-electron chi connectivity index (χ3n) is 0.424. The lowest BCUT2D eigenvalue weighted by Gasteiger charge is -1.69. The monoisotopic (exact) mass is 105 g/mol. The summed E-state index contributed by atoms with van der Waals surface area (Å²) in [7, 11) is 0. The van der Waals surface area contributed by atoms with E-state index < -0.39 is 0 Å². The average molecular weight is 105 g/mol. The molecule has 0 saturated carbocycles. The smallest absolute Gasteiger partial charge is 0.175 e. The summed E-state index contributed by atoms with van der Waals surface area (Å²) >= 11 is 0. The molecule has 37 valence electrons. The molecule has 0 heterocycles. The van der Waals surface area contributed by atoms with E-state index in [-0.39, 0.29) is 5.70 Å². The summed E-state index contributed by atoms with van der Waals surface area (Å²) < 4.78 is 0. The molecule has 0 aromatic carbocycles. The highest BCUT2D eigenvalue weighted by Crippen LogP contribution is 1.87. The molecule has 0 fully saturated rings. The zero-order chi connectivity index (χ0) is 6.41. The Labute approximate surface area is 46.2 Å². The van der Waals surface area contributed by atoms with Gasteiger partial charge in [0.25, 0.3) is 0 Å². The van der Waals surface area contributed by atoms with Crippen molar-refractivity contribution >= 4 is 0 Å². The van der Waals surface area contributed by atoms with E-state index in [1.807, 2.05) is 0 Å². The molecule has 0 atom stereocenters. The highest BCUT2D eigenvalue weighted by molar-refractivity contribution is 5.24. The van der Waals surface area contributed by atoms with Crippen molar-refractivity contribution in [1.82, 2.24) is 5.53 Å². The maximum Gasteiger partial charge on any atom is 0.175 e. The van der Waals surface area contributed by atoms with Crippen molar-refractivity contribution in [1.29, 1.82) is 10.5 Å². The Balaban J connectivity index is 4.20. The number of nitriles is 2. The van der Waals surface area contributed by atoms with Crippen LogP contribution in [0.2, 0.25) is 0 Å². The predicted molar refractivity (Wildman–Crippen MR) is 23.9 cm³/mol. The molecule has 0 aliphatic carbocycles. The van der Waals surface area contributed by atoms with Crippen LogP contribution in [0.5, 0.6) is 0 Å². The van der Waals surface area contributed by atoms with Crippen molar-refractivity contribution in [2.24, 2.45) is 5.11 Å². The van der Waals surface area contributed by atoms with Gasteiger partial charge in [-0.2, -0.15) is 10.5 Å². The average Bonchev–Trinajstić information content (AvgIpc) is 1.83. The van der Waals surface area contributed by atoms with Gasteiger partial charge in [0.05, 0.1) is 12.1 Å². The van der Waals surface area contributed by atoms with Gasteiger partial charge in [0.15, 0.2) is 5.70 Å². The van der Waals surface area contributed by atoms with Crippen LogP contribution in [0.3, 0.4) is 0 Å². The Morgan fingerprint density at radius 3 is 2.25 bits per heavy atom. The summed E-state index contributed by atoms with van der Waals surface area (Å²) in [5, 5.41) is 18.3. The lowest BCUT2D eigenvalue weighted by molar-refractivity contribution is 1.22. The topological polar surface area (TPSA) is 82.2 Å². The standard InChI is InChI=1S/C4HN4/c5-2-1-4(3-6)8-7/h1H/b4-1+. The van der Waals surface area contributed by atoms with Crippen molar-refractivity contribution in [3.05, 3.63) is 11.8 Å². The van der Waals surface area contributed by atoms with Crippen molar-refractivity contribution in [2.45, 2.75) is 0 Å². The zero-order valence-electron chi connectivity index (χ0n) is 3.87. The number of hydrogen-bond acceptors (Lipinski definition) is 3. The molecule has 0 aliphatic rings. The molecule has 0 spiro atoms. The fourth-order valence-electron chi connectivity index (χ4n) is 0.145. The summed E-state index contributed by atoms with van der Waals surface area (Å²) in [6.07, 6.45) is 0.847. The summed E-state index contributed by atoms with van der Waals surface area (Å²) in [6, 6.07) is 3.01. The van der Waals surface area contributed by atoms with E-state index in [4.69, 9.17) is 16.1 Å². The molecule has 0 bridgehead atoms. The van der Waals surface area contributed by atoms with Gasteiger partial charge in [-0.25, -0.2) is 0 Å². The Morgan fingerprint density at radius 1 is 1.50 bits per heavy atom. The molecular weight excluding hydrogens is 104 g/mol. The SMILES string of the molecule is [N]=N/C(C#N)=C/C#N. The van der Waals surface area contributed by atoms with Crippen LogP contribution >= 0.6 is 0 Å². The quantitative estimate of drug-likeness (QED) is 0.351. The van der Waals surface area contributed by atoms with Gasteiger partial charge in [0.2, 0.25) is 0 Å². The minimum absolute atomic E-state index is 0.285. The van der Waals surface area contributed by atoms with Crippen LogP contribution < -0.4 is 5.53 Å². The van der Waals surface area contributed by atoms with Gasteiger partial charge >= 0.3 is 0 Å². The molecule has 4 nitrogen and oxygen atoms in total. The van der Waals surface area contributed by atoms with E-state index in [2.05, 4.69) is 5.11 Å². The molecule has 0 saturated heterocycles. The summed E-state index contributed by atoms with van der Waals surface area (Å²) in [4.78, 5) is 0. The van der Waals surface area contributed by atoms with Crippen LogP contribution in [-0.4, -0.2) is 0 Å². The van der Waals surface area contributed by atoms with Gasteiger partial charge in [-0.3, -0.25) is 0 Å². The fraction of sp³-hybridized carbons (Fsp3) is 0. The largest absolute Gasteiger partial charge is 0.193 e. The second-order valence-electron chi connectivity index (χ2n) is 0.870. The van der Waals surface area contributed by atoms with Gasteiger partial charge < -0.3 is 0 Å². The van der Waals surface area contributed by atoms with Crippen LogP contribution in [0.1, 0.15) is 0 Å². The molecule has 0 amide bonds. The molecule has 0 unspecified atom stereocenters. The summed E-state index contributed by atoms with van der Waals surface area (Å²) in [5.74, 6) is 0. The normalized spacial score (nSPS) is 9.00. The lowest BCUT2D eigenvalue weighted by atomic mass is 10.5. The Kier molecular flexibility index (Phi) is 2.77. The number of nitrogens with zero attached hydrogens (tertiary/aromatic N) is 4. The zero-order valence-corrected chi connectivity index (χ0v) is 3.87. The van der Waals surface area contributed by atoms with Crippen LogP contribution in [-0.2, 0) is 0 Å². The minimum atomic E-state index is -0.285. The van der Waals surface area contributed by atoms with Gasteiger partial charge in [-0.1, -0.05) is 0 Å². The van der Waals surface area contributed by atoms with Crippen molar-refractivity contribution < 1.29 is 0 Å². The molecule has 8 heavy (non-hydrogen) atoms. The van der Waals surface area contributed by atoms with Gasteiger partial charge in [0.1, 0.15) is 6.07 Å². The first-order valence-corrected chi connectivity index (χ1v) is 1.70. The Morgan fingerprint density at radius 2 is 2.12 bits per heavy atom. The van der Waals surface area contributed by atoms with Crippen molar-refractivity contribution in [3.8, 4) is 12.1 Å². The van der Waals surface area contributed by atoms with Gasteiger partial charge in [0, 0.05) is 0 Å². The second kappa shape index (κ2) is 3.51. The lowest BCUT2D eigenvalue weighted by Crippen LogP contribution is -1.66. The van der Waals surface area contributed by atoms with Crippen molar-refractivity contribution in [2.75, 3.05) is 0 Å². The summed E-state index contributed by atoms with van der Waals surface area (Å²) in [6.45, 7) is 0. The number of allylic oxidation sites excluding steroid dienone is 2. The molecule has 0 rings (SSSR count). The van der Waals surface area contributed by atoms with E-state index in [9.17, 15) is 0 Å². The maximum atomic E-state index is 7.93. The molecule has 1 radical (unpaired) electrons. The van der Waals surface area contributed by atoms with Gasteiger partial charge in [-0.15, -0.1) is 5.11 Å². The maximum absolute atomic E-state index is 7.93. The van der Waals surface area contributed by atoms with Crippen LogP contribution in [0.25, 0.3) is 0 Å². The first kappa shape index (κ1) is 6.32. The third-order valence-corrected chi connectivity index (χ3v) is 0.424. The van der Waals surface area contributed by atoms with Crippen molar-refractivity contribution in [3.63, 3.8) is 0 Å². The number of rotatable bonds is 1. The molecule has 0 aromatic rings. The molecule has 0 aromatic heterocycles. The van der Waals surface area contributed by atoms with E-state index in [1.54, 1.807) is 0 Å². The first-order valence-electron chi connectivity index (χ1n) is 1.70. The van der Waals surface area contributed by atoms with Crippen LogP contribution in [0.4, 0.5) is 0 Å². The van der Waals surface area contributed by atoms with E-state index in [0.717, 1.165) is 6.08 Å². The van der Waals surface area contributed by atoms with Crippen LogP contribution in [0, 0.1) is 22.7 Å². The third kappa shape index (κ3) is 1.68. The molecule has 4 heteroatoms. The number of hydrogen-bond donors (Lipinski definition) is 0. The van der Waals surface area contributed by atoms with E-state index in [1.165, 1.54) is 12.1 Å². The van der Waals surface area contributed by atoms with Crippen LogP contribution in [0.15, 0.2) is 16.9 Å².